The van der Waals surface area contributed by atoms with E-state index in [4.69, 9.17) is 0 Å². The third-order valence-electron chi connectivity index (χ3n) is 2.46. The number of rotatable bonds is 3. The summed E-state index contributed by atoms with van der Waals surface area (Å²) in [5.41, 5.74) is 3.74. The van der Waals surface area contributed by atoms with Crippen molar-refractivity contribution in [3.63, 3.8) is 0 Å². The number of nitrogens with one attached hydrogen (secondary N) is 2. The molecule has 0 spiro atoms. The summed E-state index contributed by atoms with van der Waals surface area (Å²) in [6, 6.07) is 12.2. The van der Waals surface area contributed by atoms with Crippen LogP contribution in [0.5, 0.6) is 0 Å². The van der Waals surface area contributed by atoms with E-state index in [1.54, 1.807) is 12.1 Å². The van der Waals surface area contributed by atoms with Crippen molar-refractivity contribution in [2.45, 2.75) is 0 Å². The fourth-order valence-corrected chi connectivity index (χ4v) is 1.48. The number of hydrogen-bond acceptors (Lipinski definition) is 3. The Morgan fingerprint density at radius 3 is 2.50 bits per heavy atom. The van der Waals surface area contributed by atoms with E-state index >= 15 is 0 Å². The lowest BCUT2D eigenvalue weighted by molar-refractivity contribution is 0.0951. The van der Waals surface area contributed by atoms with Crippen LogP contribution in [-0.2, 0) is 0 Å². The summed E-state index contributed by atoms with van der Waals surface area (Å²) in [6.45, 7) is 0. The van der Waals surface area contributed by atoms with E-state index in [9.17, 15) is 9.59 Å². The van der Waals surface area contributed by atoms with Crippen molar-refractivity contribution < 1.29 is 4.79 Å². The molecule has 2 rings (SSSR count). The van der Waals surface area contributed by atoms with Crippen molar-refractivity contribution in [2.75, 3.05) is 12.1 Å². The molecule has 0 aliphatic rings. The number of hydrazine groups is 1. The van der Waals surface area contributed by atoms with Gasteiger partial charge in [0.15, 0.2) is 0 Å². The van der Waals surface area contributed by atoms with E-state index in [0.29, 0.717) is 5.56 Å². The van der Waals surface area contributed by atoms with Crippen molar-refractivity contribution in [1.82, 2.24) is 10.4 Å². The highest BCUT2D eigenvalue weighted by molar-refractivity contribution is 5.94. The average molecular weight is 243 g/mol. The maximum Gasteiger partial charge on any atom is 0.271 e. The van der Waals surface area contributed by atoms with Crippen molar-refractivity contribution in [1.29, 1.82) is 0 Å². The highest BCUT2D eigenvalue weighted by Crippen LogP contribution is 2.08. The van der Waals surface area contributed by atoms with E-state index in [1.165, 1.54) is 18.3 Å². The van der Waals surface area contributed by atoms with Crippen molar-refractivity contribution in [2.24, 2.45) is 0 Å². The van der Waals surface area contributed by atoms with Crippen molar-refractivity contribution in [3.05, 3.63) is 64.6 Å². The van der Waals surface area contributed by atoms with Crippen LogP contribution >= 0.6 is 0 Å². The zero-order chi connectivity index (χ0) is 13.0. The summed E-state index contributed by atoms with van der Waals surface area (Å²) in [7, 11) is 1.75. The molecule has 1 amide bonds. The van der Waals surface area contributed by atoms with Crippen LogP contribution in [-0.4, -0.2) is 17.9 Å². The van der Waals surface area contributed by atoms with Gasteiger partial charge < -0.3 is 4.98 Å². The maximum atomic E-state index is 11.9. The van der Waals surface area contributed by atoms with Gasteiger partial charge in [0.1, 0.15) is 0 Å². The molecular weight excluding hydrogens is 230 g/mol. The Hall–Kier alpha value is -2.56. The van der Waals surface area contributed by atoms with Gasteiger partial charge in [-0.25, -0.2) is 0 Å². The quantitative estimate of drug-likeness (QED) is 0.795. The summed E-state index contributed by atoms with van der Waals surface area (Å²) in [4.78, 5) is 25.2. The topological polar surface area (TPSA) is 65.2 Å². The number of nitrogens with zero attached hydrogens (tertiary/aromatic N) is 1. The minimum absolute atomic E-state index is 0.233. The number of para-hydroxylation sites is 1. The zero-order valence-corrected chi connectivity index (χ0v) is 9.88. The Morgan fingerprint density at radius 1 is 1.17 bits per heavy atom. The second-order valence-electron chi connectivity index (χ2n) is 3.78. The van der Waals surface area contributed by atoms with Gasteiger partial charge >= 0.3 is 0 Å². The first kappa shape index (κ1) is 11.9. The largest absolute Gasteiger partial charge is 0.328 e. The molecule has 0 aliphatic carbocycles. The number of carbonyl (C=O) groups is 1. The van der Waals surface area contributed by atoms with E-state index in [-0.39, 0.29) is 11.5 Å². The molecule has 92 valence electrons. The SMILES string of the molecule is CN(NC(=O)c1ccc(=O)[nH]c1)c1ccccc1. The molecule has 0 aliphatic heterocycles. The molecule has 5 heteroatoms. The molecule has 2 aromatic rings. The molecule has 0 atom stereocenters. The standard InChI is InChI=1S/C13H13N3O2/c1-16(11-5-3-2-4-6-11)15-13(18)10-7-8-12(17)14-9-10/h2-9H,1H3,(H,14,17)(H,15,18). The Morgan fingerprint density at radius 2 is 1.89 bits per heavy atom. The molecule has 0 unspecified atom stereocenters. The summed E-state index contributed by atoms with van der Waals surface area (Å²) in [5.74, 6) is -0.280. The summed E-state index contributed by atoms with van der Waals surface area (Å²) in [6.07, 6.45) is 1.39. The number of carbonyl (C=O) groups excluding carboxylic acids is 1. The van der Waals surface area contributed by atoms with E-state index in [0.717, 1.165) is 5.69 Å². The number of amides is 1. The smallest absolute Gasteiger partial charge is 0.271 e. The Bertz CT molecular complexity index is 572. The fraction of sp³-hybridized carbons (Fsp3) is 0.0769. The van der Waals surface area contributed by atoms with Crippen LogP contribution in [0.1, 0.15) is 10.4 Å². The van der Waals surface area contributed by atoms with Crippen LogP contribution in [0.4, 0.5) is 5.69 Å². The van der Waals surface area contributed by atoms with Crippen LogP contribution in [0.15, 0.2) is 53.5 Å². The fourth-order valence-electron chi connectivity index (χ4n) is 1.48. The first-order valence-corrected chi connectivity index (χ1v) is 5.45. The van der Waals surface area contributed by atoms with Gasteiger partial charge in [-0.15, -0.1) is 0 Å². The van der Waals surface area contributed by atoms with Crippen LogP contribution in [0.2, 0.25) is 0 Å². The summed E-state index contributed by atoms with van der Waals surface area (Å²) < 4.78 is 0. The van der Waals surface area contributed by atoms with Gasteiger partial charge in [-0.1, -0.05) is 18.2 Å². The molecule has 1 heterocycles. The predicted molar refractivity (Wildman–Crippen MR) is 69.4 cm³/mol. The molecule has 0 saturated heterocycles. The second kappa shape index (κ2) is 5.18. The monoisotopic (exact) mass is 243 g/mol. The normalized spacial score (nSPS) is 9.83. The number of hydrogen-bond donors (Lipinski definition) is 2. The minimum atomic E-state index is -0.280. The number of aromatic amines is 1. The maximum absolute atomic E-state index is 11.9. The van der Waals surface area contributed by atoms with Gasteiger partial charge in [-0.3, -0.25) is 20.0 Å². The predicted octanol–water partition coefficient (Wildman–Crippen LogP) is 1.16. The van der Waals surface area contributed by atoms with Crippen molar-refractivity contribution in [3.8, 4) is 0 Å². The number of aromatic nitrogens is 1. The zero-order valence-electron chi connectivity index (χ0n) is 9.88. The van der Waals surface area contributed by atoms with Gasteiger partial charge in [0.05, 0.1) is 11.3 Å². The molecule has 0 radical (unpaired) electrons. The van der Waals surface area contributed by atoms with Crippen LogP contribution in [0.3, 0.4) is 0 Å². The molecule has 0 saturated carbocycles. The molecule has 1 aromatic carbocycles. The van der Waals surface area contributed by atoms with Gasteiger partial charge in [0, 0.05) is 19.3 Å². The van der Waals surface area contributed by atoms with Gasteiger partial charge in [-0.05, 0) is 18.2 Å². The highest BCUT2D eigenvalue weighted by Gasteiger charge is 2.08. The number of benzene rings is 1. The first-order valence-electron chi connectivity index (χ1n) is 5.45. The van der Waals surface area contributed by atoms with Crippen LogP contribution in [0.25, 0.3) is 0 Å². The lowest BCUT2D eigenvalue weighted by Gasteiger charge is -2.20. The number of anilines is 1. The highest BCUT2D eigenvalue weighted by atomic mass is 16.2. The third-order valence-corrected chi connectivity index (χ3v) is 2.46. The molecule has 18 heavy (non-hydrogen) atoms. The molecular formula is C13H13N3O2. The summed E-state index contributed by atoms with van der Waals surface area (Å²) in [5, 5.41) is 1.62. The van der Waals surface area contributed by atoms with Crippen LogP contribution < -0.4 is 16.0 Å². The molecule has 0 fully saturated rings. The average Bonchev–Trinajstić information content (AvgIpc) is 2.40. The van der Waals surface area contributed by atoms with Gasteiger partial charge in [0.25, 0.3) is 5.91 Å². The molecule has 2 N–H and O–H groups in total. The lowest BCUT2D eigenvalue weighted by Crippen LogP contribution is -2.39. The molecule has 0 bridgehead atoms. The Balaban J connectivity index is 2.08. The first-order chi connectivity index (χ1) is 8.66. The third kappa shape index (κ3) is 2.76. The molecule has 5 nitrogen and oxygen atoms in total. The number of pyridine rings is 1. The summed E-state index contributed by atoms with van der Waals surface area (Å²) >= 11 is 0. The van der Waals surface area contributed by atoms with Gasteiger partial charge in [-0.2, -0.15) is 0 Å². The lowest BCUT2D eigenvalue weighted by atomic mass is 10.3. The van der Waals surface area contributed by atoms with E-state index in [2.05, 4.69) is 10.4 Å². The van der Waals surface area contributed by atoms with E-state index in [1.807, 2.05) is 30.3 Å². The van der Waals surface area contributed by atoms with Crippen molar-refractivity contribution >= 4 is 11.6 Å². The Labute approximate surface area is 104 Å². The van der Waals surface area contributed by atoms with E-state index < -0.39 is 0 Å². The van der Waals surface area contributed by atoms with Gasteiger partial charge in [0.2, 0.25) is 5.56 Å². The Kier molecular flexibility index (Phi) is 3.43. The number of H-pyrrole nitrogens is 1. The van der Waals surface area contributed by atoms with Crippen LogP contribution in [0, 0.1) is 0 Å². The molecule has 1 aromatic heterocycles. The second-order valence-corrected chi connectivity index (χ2v) is 3.78. The minimum Gasteiger partial charge on any atom is -0.328 e.